The van der Waals surface area contributed by atoms with Crippen LogP contribution in [0.4, 0.5) is 4.79 Å². The number of amides is 2. The molecule has 18 heavy (non-hydrogen) atoms. The lowest BCUT2D eigenvalue weighted by molar-refractivity contribution is -0.137. The van der Waals surface area contributed by atoms with Crippen LogP contribution in [0.2, 0.25) is 0 Å². The Morgan fingerprint density at radius 3 is 2.28 bits per heavy atom. The highest BCUT2D eigenvalue weighted by Gasteiger charge is 2.22. The minimum absolute atomic E-state index is 0.0200. The van der Waals surface area contributed by atoms with Gasteiger partial charge in [0.25, 0.3) is 0 Å². The number of urea groups is 1. The number of methoxy groups -OCH3 is 1. The van der Waals surface area contributed by atoms with Crippen LogP contribution in [0, 0.1) is 0 Å². The molecule has 0 aromatic carbocycles. The largest absolute Gasteiger partial charge is 0.481 e. The number of carboxylic acid groups (broad SMARTS) is 1. The van der Waals surface area contributed by atoms with Gasteiger partial charge in [0.1, 0.15) is 0 Å². The Balaban J connectivity index is 4.55. The van der Waals surface area contributed by atoms with Gasteiger partial charge in [-0.15, -0.1) is 0 Å². The Morgan fingerprint density at radius 1 is 1.28 bits per heavy atom. The van der Waals surface area contributed by atoms with Gasteiger partial charge in [-0.3, -0.25) is 4.79 Å². The van der Waals surface area contributed by atoms with Crippen LogP contribution < -0.4 is 0 Å². The second kappa shape index (κ2) is 8.74. The maximum absolute atomic E-state index is 12.2. The van der Waals surface area contributed by atoms with Crippen molar-refractivity contribution in [1.29, 1.82) is 0 Å². The third-order valence-electron chi connectivity index (χ3n) is 2.65. The summed E-state index contributed by atoms with van der Waals surface area (Å²) in [6.07, 6.45) is -0.0360. The number of likely N-dealkylation sites (N-methyl/N-ethyl adjacent to an activating group) is 1. The maximum atomic E-state index is 12.2. The normalized spacial score (nSPS) is 10.5. The van der Waals surface area contributed by atoms with Crippen LogP contribution in [0.5, 0.6) is 0 Å². The second-order valence-electron chi connectivity index (χ2n) is 4.29. The Labute approximate surface area is 109 Å². The van der Waals surface area contributed by atoms with E-state index in [0.717, 1.165) is 0 Å². The highest BCUT2D eigenvalue weighted by atomic mass is 16.5. The summed E-state index contributed by atoms with van der Waals surface area (Å²) in [6, 6.07) is -0.153. The van der Waals surface area contributed by atoms with E-state index in [1.54, 1.807) is 16.9 Å². The molecule has 0 aliphatic heterocycles. The first-order chi connectivity index (χ1) is 8.43. The summed E-state index contributed by atoms with van der Waals surface area (Å²) in [4.78, 5) is 26.1. The van der Waals surface area contributed by atoms with Crippen LogP contribution in [0.25, 0.3) is 0 Å². The summed E-state index contributed by atoms with van der Waals surface area (Å²) >= 11 is 0. The number of hydrogen-bond acceptors (Lipinski definition) is 3. The summed E-state index contributed by atoms with van der Waals surface area (Å²) in [6.45, 7) is 7.46. The Morgan fingerprint density at radius 2 is 1.89 bits per heavy atom. The van der Waals surface area contributed by atoms with Gasteiger partial charge in [-0.05, 0) is 20.8 Å². The predicted octanol–water partition coefficient (Wildman–Crippen LogP) is 1.26. The number of carbonyl (C=O) groups is 2. The van der Waals surface area contributed by atoms with Crippen LogP contribution in [-0.4, -0.2) is 66.3 Å². The zero-order valence-electron chi connectivity index (χ0n) is 11.7. The van der Waals surface area contributed by atoms with E-state index in [-0.39, 0.29) is 25.0 Å². The van der Waals surface area contributed by atoms with Crippen molar-refractivity contribution in [2.24, 2.45) is 0 Å². The molecule has 0 aliphatic carbocycles. The van der Waals surface area contributed by atoms with E-state index < -0.39 is 5.97 Å². The summed E-state index contributed by atoms with van der Waals surface area (Å²) < 4.78 is 4.96. The monoisotopic (exact) mass is 260 g/mol. The van der Waals surface area contributed by atoms with Crippen molar-refractivity contribution < 1.29 is 19.4 Å². The Hall–Kier alpha value is -1.30. The SMILES string of the molecule is CCN(CCOC)C(=O)N(CCC(=O)O)C(C)C. The third kappa shape index (κ3) is 5.86. The molecule has 6 nitrogen and oxygen atoms in total. The fraction of sp³-hybridized carbons (Fsp3) is 0.833. The van der Waals surface area contributed by atoms with Crippen LogP contribution in [0.15, 0.2) is 0 Å². The smallest absolute Gasteiger partial charge is 0.320 e. The first-order valence-electron chi connectivity index (χ1n) is 6.20. The number of ether oxygens (including phenoxy) is 1. The lowest BCUT2D eigenvalue weighted by atomic mass is 10.3. The van der Waals surface area contributed by atoms with Crippen molar-refractivity contribution >= 4 is 12.0 Å². The van der Waals surface area contributed by atoms with Crippen LogP contribution in [0.3, 0.4) is 0 Å². The molecule has 0 saturated carbocycles. The zero-order valence-corrected chi connectivity index (χ0v) is 11.7. The van der Waals surface area contributed by atoms with E-state index in [2.05, 4.69) is 0 Å². The van der Waals surface area contributed by atoms with Crippen molar-refractivity contribution in [2.45, 2.75) is 33.2 Å². The molecule has 0 aliphatic rings. The predicted molar refractivity (Wildman–Crippen MR) is 68.6 cm³/mol. The number of carbonyl (C=O) groups excluding carboxylic acids is 1. The van der Waals surface area contributed by atoms with Crippen LogP contribution in [-0.2, 0) is 9.53 Å². The topological polar surface area (TPSA) is 70.1 Å². The van der Waals surface area contributed by atoms with Gasteiger partial charge < -0.3 is 19.6 Å². The van der Waals surface area contributed by atoms with Gasteiger partial charge in [-0.25, -0.2) is 4.79 Å². The molecule has 0 saturated heterocycles. The minimum Gasteiger partial charge on any atom is -0.481 e. The van der Waals surface area contributed by atoms with Gasteiger partial charge in [0.05, 0.1) is 13.0 Å². The summed E-state index contributed by atoms with van der Waals surface area (Å²) in [5.74, 6) is -0.895. The average Bonchev–Trinajstić information content (AvgIpc) is 2.29. The molecule has 106 valence electrons. The zero-order chi connectivity index (χ0) is 14.1. The van der Waals surface area contributed by atoms with E-state index in [9.17, 15) is 9.59 Å². The first-order valence-corrected chi connectivity index (χ1v) is 6.20. The molecule has 0 fully saturated rings. The van der Waals surface area contributed by atoms with Gasteiger partial charge in [-0.2, -0.15) is 0 Å². The molecule has 0 aromatic heterocycles. The summed E-state index contributed by atoms with van der Waals surface area (Å²) in [5.41, 5.74) is 0. The molecule has 0 atom stereocenters. The maximum Gasteiger partial charge on any atom is 0.320 e. The average molecular weight is 260 g/mol. The second-order valence-corrected chi connectivity index (χ2v) is 4.29. The lowest BCUT2D eigenvalue weighted by Gasteiger charge is -2.32. The molecule has 0 bridgehead atoms. The fourth-order valence-corrected chi connectivity index (χ4v) is 1.56. The molecule has 6 heteroatoms. The fourth-order valence-electron chi connectivity index (χ4n) is 1.56. The summed E-state index contributed by atoms with van der Waals surface area (Å²) in [7, 11) is 1.59. The first kappa shape index (κ1) is 16.7. The van der Waals surface area contributed by atoms with Crippen molar-refractivity contribution in [3.05, 3.63) is 0 Å². The highest BCUT2D eigenvalue weighted by molar-refractivity contribution is 5.75. The molecule has 2 amide bonds. The van der Waals surface area contributed by atoms with E-state index in [0.29, 0.717) is 19.7 Å². The van der Waals surface area contributed by atoms with Crippen molar-refractivity contribution in [2.75, 3.05) is 33.4 Å². The molecule has 0 spiro atoms. The number of rotatable bonds is 8. The Bertz CT molecular complexity index is 269. The number of nitrogens with zero attached hydrogens (tertiary/aromatic N) is 2. The third-order valence-corrected chi connectivity index (χ3v) is 2.65. The van der Waals surface area contributed by atoms with E-state index in [1.165, 1.54) is 0 Å². The molecular formula is C12H24N2O4. The van der Waals surface area contributed by atoms with Gasteiger partial charge in [0.2, 0.25) is 0 Å². The molecule has 0 radical (unpaired) electrons. The van der Waals surface area contributed by atoms with Crippen LogP contribution in [0.1, 0.15) is 27.2 Å². The van der Waals surface area contributed by atoms with Crippen molar-refractivity contribution in [3.63, 3.8) is 0 Å². The standard InChI is InChI=1S/C12H24N2O4/c1-5-13(8-9-18-4)12(17)14(10(2)3)7-6-11(15)16/h10H,5-9H2,1-4H3,(H,15,16). The van der Waals surface area contributed by atoms with Gasteiger partial charge >= 0.3 is 12.0 Å². The number of carboxylic acids is 1. The van der Waals surface area contributed by atoms with E-state index in [4.69, 9.17) is 9.84 Å². The van der Waals surface area contributed by atoms with Gasteiger partial charge in [-0.1, -0.05) is 0 Å². The molecule has 0 rings (SSSR count). The Kier molecular flexibility index (Phi) is 8.11. The van der Waals surface area contributed by atoms with Crippen molar-refractivity contribution in [3.8, 4) is 0 Å². The molecular weight excluding hydrogens is 236 g/mol. The highest BCUT2D eigenvalue weighted by Crippen LogP contribution is 2.06. The van der Waals surface area contributed by atoms with E-state index >= 15 is 0 Å². The van der Waals surface area contributed by atoms with Gasteiger partial charge in [0, 0.05) is 32.8 Å². The quantitative estimate of drug-likeness (QED) is 0.713. The summed E-state index contributed by atoms with van der Waals surface area (Å²) in [5, 5.41) is 8.69. The molecule has 0 heterocycles. The van der Waals surface area contributed by atoms with Gasteiger partial charge in [0.15, 0.2) is 0 Å². The van der Waals surface area contributed by atoms with E-state index in [1.807, 2.05) is 20.8 Å². The lowest BCUT2D eigenvalue weighted by Crippen LogP contribution is -2.48. The minimum atomic E-state index is -0.895. The number of aliphatic carboxylic acids is 1. The van der Waals surface area contributed by atoms with Crippen molar-refractivity contribution in [1.82, 2.24) is 9.80 Å². The molecule has 0 unspecified atom stereocenters. The molecule has 1 N–H and O–H groups in total. The number of hydrogen-bond donors (Lipinski definition) is 1. The van der Waals surface area contributed by atoms with Crippen LogP contribution >= 0.6 is 0 Å². The molecule has 0 aromatic rings.